The molecule has 3 aliphatic rings. The maximum Gasteiger partial charge on any atom is 0.225 e. The van der Waals surface area contributed by atoms with E-state index in [9.17, 15) is 4.79 Å². The molecular formula is C25H28BrClN2O3. The van der Waals surface area contributed by atoms with Gasteiger partial charge in [0.05, 0.1) is 25.7 Å². The lowest BCUT2D eigenvalue weighted by Gasteiger charge is -2.42. The number of piperidine rings is 1. The number of halogens is 2. The minimum Gasteiger partial charge on any atom is -0.350 e. The van der Waals surface area contributed by atoms with Crippen molar-refractivity contribution in [3.63, 3.8) is 0 Å². The Hall–Kier alpha value is -1.44. The highest BCUT2D eigenvalue weighted by Gasteiger charge is 2.49. The Balaban J connectivity index is 1.39. The smallest absolute Gasteiger partial charge is 0.225 e. The minimum atomic E-state index is -0.950. The molecule has 3 aliphatic heterocycles. The van der Waals surface area contributed by atoms with Gasteiger partial charge in [0.15, 0.2) is 0 Å². The summed E-state index contributed by atoms with van der Waals surface area (Å²) in [6, 6.07) is 16.7. The van der Waals surface area contributed by atoms with Gasteiger partial charge in [-0.05, 0) is 62.1 Å². The van der Waals surface area contributed by atoms with Crippen molar-refractivity contribution < 1.29 is 14.3 Å². The predicted octanol–water partition coefficient (Wildman–Crippen LogP) is 4.68. The van der Waals surface area contributed by atoms with Gasteiger partial charge >= 0.3 is 0 Å². The first kappa shape index (κ1) is 22.4. The monoisotopic (exact) mass is 518 g/mol. The lowest BCUT2D eigenvalue weighted by atomic mass is 9.75. The first-order valence-electron chi connectivity index (χ1n) is 11.3. The molecule has 0 unspecified atom stereocenters. The topological polar surface area (TPSA) is 50.8 Å². The van der Waals surface area contributed by atoms with Crippen molar-refractivity contribution in [2.75, 3.05) is 26.8 Å². The number of nitrogens with zero attached hydrogens (tertiary/aromatic N) is 1. The first-order valence-corrected chi connectivity index (χ1v) is 12.4. The number of amides is 1. The highest BCUT2D eigenvalue weighted by Crippen LogP contribution is 2.46. The molecule has 0 spiro atoms. The predicted molar refractivity (Wildman–Crippen MR) is 128 cm³/mol. The minimum absolute atomic E-state index is 0.0654. The summed E-state index contributed by atoms with van der Waals surface area (Å²) in [7, 11) is 2.16. The molecule has 3 fully saturated rings. The summed E-state index contributed by atoms with van der Waals surface area (Å²) in [6.07, 6.45) is 3.17. The molecule has 0 aromatic heterocycles. The number of ether oxygens (including phenoxy) is 2. The van der Waals surface area contributed by atoms with Gasteiger partial charge in [0.25, 0.3) is 0 Å². The summed E-state index contributed by atoms with van der Waals surface area (Å²) < 4.78 is 13.0. The third-order valence-electron chi connectivity index (χ3n) is 7.38. The Kier molecular flexibility index (Phi) is 6.34. The summed E-state index contributed by atoms with van der Waals surface area (Å²) in [5.41, 5.74) is 2.09. The second kappa shape index (κ2) is 9.07. The van der Waals surface area contributed by atoms with E-state index < -0.39 is 5.79 Å². The second-order valence-electron chi connectivity index (χ2n) is 9.06. The molecule has 2 aromatic carbocycles. The highest BCUT2D eigenvalue weighted by atomic mass is 79.9. The van der Waals surface area contributed by atoms with Gasteiger partial charge in [-0.15, -0.1) is 0 Å². The summed E-state index contributed by atoms with van der Waals surface area (Å²) in [5, 5.41) is 3.93. The van der Waals surface area contributed by atoms with E-state index in [1.165, 1.54) is 5.56 Å². The summed E-state index contributed by atoms with van der Waals surface area (Å²) in [6.45, 7) is 1.30. The van der Waals surface area contributed by atoms with Crippen molar-refractivity contribution in [2.45, 2.75) is 43.1 Å². The number of carbonyl (C=O) groups excluding carboxylic acids is 1. The van der Waals surface area contributed by atoms with Crippen molar-refractivity contribution in [3.8, 4) is 0 Å². The Morgan fingerprint density at radius 1 is 1.19 bits per heavy atom. The lowest BCUT2D eigenvalue weighted by Crippen LogP contribution is -2.53. The summed E-state index contributed by atoms with van der Waals surface area (Å²) in [4.78, 5) is 16.1. The zero-order chi connectivity index (χ0) is 22.3. The van der Waals surface area contributed by atoms with Crippen LogP contribution in [0.4, 0.5) is 0 Å². The van der Waals surface area contributed by atoms with E-state index in [4.69, 9.17) is 21.1 Å². The molecule has 170 valence electrons. The molecule has 2 aromatic rings. The number of hydrogen-bond donors (Lipinski definition) is 1. The zero-order valence-electron chi connectivity index (χ0n) is 18.1. The Labute approximate surface area is 202 Å². The average molecular weight is 520 g/mol. The molecule has 3 heterocycles. The maximum atomic E-state index is 13.7. The molecule has 7 heteroatoms. The Morgan fingerprint density at radius 3 is 2.66 bits per heavy atom. The van der Waals surface area contributed by atoms with Crippen LogP contribution in [0.5, 0.6) is 0 Å². The molecule has 5 nitrogen and oxygen atoms in total. The van der Waals surface area contributed by atoms with Gasteiger partial charge in [0.2, 0.25) is 11.7 Å². The summed E-state index contributed by atoms with van der Waals surface area (Å²) in [5.74, 6) is -0.835. The molecule has 0 radical (unpaired) electrons. The van der Waals surface area contributed by atoms with Gasteiger partial charge < -0.3 is 14.8 Å². The molecular weight excluding hydrogens is 492 g/mol. The quantitative estimate of drug-likeness (QED) is 0.623. The second-order valence-corrected chi connectivity index (χ2v) is 10.4. The van der Waals surface area contributed by atoms with E-state index in [0.717, 1.165) is 34.3 Å². The van der Waals surface area contributed by atoms with E-state index in [0.29, 0.717) is 19.3 Å². The van der Waals surface area contributed by atoms with Crippen LogP contribution in [0.15, 0.2) is 53.0 Å². The van der Waals surface area contributed by atoms with Crippen LogP contribution in [-0.4, -0.2) is 49.7 Å². The van der Waals surface area contributed by atoms with Gasteiger partial charge in [-0.2, -0.15) is 0 Å². The number of nitrogens with one attached hydrogen (secondary N) is 1. The van der Waals surface area contributed by atoms with Crippen LogP contribution in [0.25, 0.3) is 0 Å². The molecule has 5 rings (SSSR count). The van der Waals surface area contributed by atoms with E-state index in [-0.39, 0.29) is 30.3 Å². The standard InChI is InChI=1S/C25H28BrClN2O3/c1-29-20-9-10-22(29)23(21(14-20)16-5-7-19(27)8-6-16)24(30)28-15-25(31-11-12-32-25)17-3-2-4-18(26)13-17/h2-8,13,20-23H,9-12,14-15H2,1H3,(H,28,30)/t20-,21+,22+,23-/m0/s1. The van der Waals surface area contributed by atoms with Crippen molar-refractivity contribution in [1.82, 2.24) is 10.2 Å². The van der Waals surface area contributed by atoms with Gasteiger partial charge in [-0.25, -0.2) is 0 Å². The molecule has 0 aliphatic carbocycles. The van der Waals surface area contributed by atoms with Gasteiger partial charge in [-0.1, -0.05) is 51.8 Å². The number of hydrogen-bond acceptors (Lipinski definition) is 4. The molecule has 32 heavy (non-hydrogen) atoms. The normalized spacial score (nSPS) is 29.2. The fourth-order valence-electron chi connectivity index (χ4n) is 5.75. The van der Waals surface area contributed by atoms with Crippen LogP contribution in [0.1, 0.15) is 36.3 Å². The summed E-state index contributed by atoms with van der Waals surface area (Å²) >= 11 is 9.66. The molecule has 1 amide bonds. The number of rotatable bonds is 5. The molecule has 0 saturated carbocycles. The van der Waals surface area contributed by atoms with Crippen LogP contribution in [0.2, 0.25) is 5.02 Å². The lowest BCUT2D eigenvalue weighted by molar-refractivity contribution is -0.166. The van der Waals surface area contributed by atoms with E-state index >= 15 is 0 Å². The third-order valence-corrected chi connectivity index (χ3v) is 8.13. The maximum absolute atomic E-state index is 13.7. The SMILES string of the molecule is CN1[C@H]2CC[C@@H]1[C@@H](C(=O)NCC1(c3cccc(Br)c3)OCCO1)[C@@H](c1ccc(Cl)cc1)C2. The van der Waals surface area contributed by atoms with Crippen molar-refractivity contribution in [3.05, 3.63) is 69.2 Å². The molecule has 3 saturated heterocycles. The fraction of sp³-hybridized carbons (Fsp3) is 0.480. The fourth-order valence-corrected chi connectivity index (χ4v) is 6.27. The van der Waals surface area contributed by atoms with Crippen molar-refractivity contribution in [1.29, 1.82) is 0 Å². The Morgan fingerprint density at radius 2 is 1.94 bits per heavy atom. The number of fused-ring (bicyclic) bond motifs is 2. The van der Waals surface area contributed by atoms with Crippen LogP contribution in [0, 0.1) is 5.92 Å². The third kappa shape index (κ3) is 4.12. The van der Waals surface area contributed by atoms with E-state index in [1.807, 2.05) is 36.4 Å². The molecule has 1 N–H and O–H groups in total. The van der Waals surface area contributed by atoms with Crippen molar-refractivity contribution in [2.24, 2.45) is 5.92 Å². The van der Waals surface area contributed by atoms with E-state index in [2.05, 4.69) is 45.3 Å². The van der Waals surface area contributed by atoms with Crippen LogP contribution >= 0.6 is 27.5 Å². The number of benzene rings is 2. The van der Waals surface area contributed by atoms with Crippen LogP contribution < -0.4 is 5.32 Å². The largest absolute Gasteiger partial charge is 0.350 e. The van der Waals surface area contributed by atoms with Crippen LogP contribution in [0.3, 0.4) is 0 Å². The van der Waals surface area contributed by atoms with Gasteiger partial charge in [-0.3, -0.25) is 9.69 Å². The van der Waals surface area contributed by atoms with Gasteiger partial charge in [0, 0.05) is 27.1 Å². The molecule has 4 atom stereocenters. The average Bonchev–Trinajstić information content (AvgIpc) is 3.35. The zero-order valence-corrected chi connectivity index (χ0v) is 20.4. The van der Waals surface area contributed by atoms with E-state index in [1.54, 1.807) is 0 Å². The van der Waals surface area contributed by atoms with Crippen LogP contribution in [-0.2, 0) is 20.1 Å². The van der Waals surface area contributed by atoms with Gasteiger partial charge in [0.1, 0.15) is 0 Å². The Bertz CT molecular complexity index is 979. The van der Waals surface area contributed by atoms with Crippen molar-refractivity contribution >= 4 is 33.4 Å². The molecule has 2 bridgehead atoms. The highest BCUT2D eigenvalue weighted by molar-refractivity contribution is 9.10. The first-order chi connectivity index (χ1) is 15.5. The number of carbonyl (C=O) groups is 1.